The van der Waals surface area contributed by atoms with Gasteiger partial charge in [-0.05, 0) is 45.2 Å². The maximum Gasteiger partial charge on any atom is 0.833 e. The van der Waals surface area contributed by atoms with Crippen LogP contribution in [0.25, 0.3) is 0 Å². The molecule has 0 radical (unpaired) electrons. The molecule has 0 aromatic heterocycles. The lowest BCUT2D eigenvalue weighted by Gasteiger charge is -2.17. The Morgan fingerprint density at radius 3 is 1.46 bits per heavy atom. The lowest BCUT2D eigenvalue weighted by Crippen LogP contribution is -2.32. The van der Waals surface area contributed by atoms with E-state index in [0.29, 0.717) is 0 Å². The maximum absolute atomic E-state index is 11.1. The van der Waals surface area contributed by atoms with Crippen LogP contribution in [0.15, 0.2) is 0 Å². The van der Waals surface area contributed by atoms with Gasteiger partial charge in [-0.25, -0.2) is 0 Å². The van der Waals surface area contributed by atoms with Crippen molar-refractivity contribution in [3.05, 3.63) is 0 Å². The SMILES string of the molecule is CCCCCCCCCC(C)C.C[Si](C)(C)OO[Si](=O)OO[Si](C)(C)C. The Labute approximate surface area is 166 Å². The Bertz CT molecular complexity index is 319. The highest BCUT2D eigenvalue weighted by molar-refractivity contribution is 6.70. The number of hydrogen-bond acceptors (Lipinski definition) is 5. The Morgan fingerprint density at radius 2 is 1.12 bits per heavy atom. The number of unbranched alkanes of at least 4 members (excludes halogenated alkanes) is 6. The van der Waals surface area contributed by atoms with Crippen LogP contribution in [0, 0.1) is 5.92 Å². The molecule has 0 aliphatic rings. The maximum atomic E-state index is 11.1. The highest BCUT2D eigenvalue weighted by Crippen LogP contribution is 2.11. The van der Waals surface area contributed by atoms with Gasteiger partial charge < -0.3 is 9.15 Å². The Balaban J connectivity index is 0. The van der Waals surface area contributed by atoms with E-state index in [1.165, 1.54) is 51.4 Å². The molecular formula is C18H44O5Si3. The third kappa shape index (κ3) is 28.8. The molecule has 0 aliphatic heterocycles. The second kappa shape index (κ2) is 16.0. The van der Waals surface area contributed by atoms with Crippen molar-refractivity contribution in [3.8, 4) is 0 Å². The molecule has 0 rings (SSSR count). The zero-order valence-electron chi connectivity index (χ0n) is 18.8. The van der Waals surface area contributed by atoms with E-state index < -0.39 is 25.8 Å². The van der Waals surface area contributed by atoms with Gasteiger partial charge in [-0.2, -0.15) is 0 Å². The first kappa shape index (κ1) is 28.2. The molecule has 0 aliphatic carbocycles. The van der Waals surface area contributed by atoms with E-state index in [4.69, 9.17) is 9.15 Å². The lowest BCUT2D eigenvalue weighted by molar-refractivity contribution is -0.205. The van der Waals surface area contributed by atoms with Gasteiger partial charge in [-0.3, -0.25) is 13.6 Å². The molecule has 5 nitrogen and oxygen atoms in total. The molecule has 8 heteroatoms. The summed E-state index contributed by atoms with van der Waals surface area (Å²) in [4.78, 5) is 0. The normalized spacial score (nSPS) is 11.8. The van der Waals surface area contributed by atoms with Gasteiger partial charge in [-0.1, -0.05) is 72.1 Å². The summed E-state index contributed by atoms with van der Waals surface area (Å²) in [5.74, 6) is 0.903. The van der Waals surface area contributed by atoms with Gasteiger partial charge >= 0.3 is 9.17 Å². The molecule has 0 amide bonds. The van der Waals surface area contributed by atoms with Gasteiger partial charge in [0.1, 0.15) is 0 Å². The van der Waals surface area contributed by atoms with Gasteiger partial charge in [0.25, 0.3) is 0 Å². The van der Waals surface area contributed by atoms with Crippen molar-refractivity contribution in [3.63, 3.8) is 0 Å². The molecule has 0 saturated heterocycles. The van der Waals surface area contributed by atoms with Crippen LogP contribution in [-0.4, -0.2) is 25.8 Å². The molecule has 0 heterocycles. The van der Waals surface area contributed by atoms with Gasteiger partial charge in [-0.15, -0.1) is 0 Å². The summed E-state index contributed by atoms with van der Waals surface area (Å²) in [6.45, 7) is 18.4. The minimum atomic E-state index is -2.68. The minimum absolute atomic E-state index is 0.903. The summed E-state index contributed by atoms with van der Waals surface area (Å²) in [6, 6.07) is 0. The van der Waals surface area contributed by atoms with E-state index >= 15 is 0 Å². The largest absolute Gasteiger partial charge is 0.833 e. The molecule has 0 atom stereocenters. The van der Waals surface area contributed by atoms with Crippen LogP contribution in [0.4, 0.5) is 0 Å². The van der Waals surface area contributed by atoms with E-state index in [9.17, 15) is 4.46 Å². The second-order valence-electron chi connectivity index (χ2n) is 9.11. The Kier molecular flexibility index (Phi) is 17.3. The summed E-state index contributed by atoms with van der Waals surface area (Å²) in [7, 11) is -6.31. The van der Waals surface area contributed by atoms with Crippen LogP contribution >= 0.6 is 0 Å². The summed E-state index contributed by atoms with van der Waals surface area (Å²) in [6.07, 6.45) is 11.5. The number of rotatable bonds is 14. The standard InChI is InChI=1S/C12H26.C6H18O5Si3/c1-4-5-6-7-8-9-10-11-12(2)3;1-13(2,3)10-8-12(7)9-11-14(4,5)6/h12H,4-11H2,1-3H3;1-6H3. The fourth-order valence-electron chi connectivity index (χ4n) is 1.84. The predicted molar refractivity (Wildman–Crippen MR) is 115 cm³/mol. The Morgan fingerprint density at radius 1 is 0.731 bits per heavy atom. The fourth-order valence-corrected chi connectivity index (χ4v) is 4.41. The second-order valence-corrected chi connectivity index (χ2v) is 18.7. The quantitative estimate of drug-likeness (QED) is 0.133. The van der Waals surface area contributed by atoms with Gasteiger partial charge in [0.2, 0.25) is 16.6 Å². The average Bonchev–Trinajstić information content (AvgIpc) is 2.49. The molecule has 0 saturated carbocycles. The van der Waals surface area contributed by atoms with E-state index in [1.54, 1.807) is 0 Å². The molecule has 0 fully saturated rings. The molecule has 0 aromatic carbocycles. The third-order valence-electron chi connectivity index (χ3n) is 3.10. The van der Waals surface area contributed by atoms with Crippen molar-refractivity contribution in [2.45, 2.75) is 111 Å². The van der Waals surface area contributed by atoms with Crippen LogP contribution in [0.1, 0.15) is 72.1 Å². The van der Waals surface area contributed by atoms with Crippen LogP contribution in [0.3, 0.4) is 0 Å². The topological polar surface area (TPSA) is 54.0 Å². The van der Waals surface area contributed by atoms with Crippen molar-refractivity contribution in [2.24, 2.45) is 5.92 Å². The monoisotopic (exact) mass is 424 g/mol. The minimum Gasteiger partial charge on any atom is -0.339 e. The molecule has 0 unspecified atom stereocenters. The van der Waals surface area contributed by atoms with Crippen molar-refractivity contribution in [1.29, 1.82) is 0 Å². The summed E-state index contributed by atoms with van der Waals surface area (Å²) < 4.78 is 30.1. The van der Waals surface area contributed by atoms with Crippen LogP contribution in [-0.2, 0) is 22.8 Å². The summed E-state index contributed by atoms with van der Waals surface area (Å²) >= 11 is 0. The highest BCUT2D eigenvalue weighted by Gasteiger charge is 2.26. The zero-order chi connectivity index (χ0) is 20.6. The van der Waals surface area contributed by atoms with Crippen molar-refractivity contribution >= 4 is 25.8 Å². The lowest BCUT2D eigenvalue weighted by atomic mass is 10.0. The summed E-state index contributed by atoms with van der Waals surface area (Å²) in [5, 5.41) is 0. The van der Waals surface area contributed by atoms with Crippen LogP contribution in [0.5, 0.6) is 0 Å². The van der Waals surface area contributed by atoms with Crippen molar-refractivity contribution in [2.75, 3.05) is 0 Å². The molecule has 0 bridgehead atoms. The van der Waals surface area contributed by atoms with Crippen LogP contribution < -0.4 is 0 Å². The highest BCUT2D eigenvalue weighted by atomic mass is 28.4. The molecule has 26 heavy (non-hydrogen) atoms. The van der Waals surface area contributed by atoms with Gasteiger partial charge in [0.15, 0.2) is 0 Å². The van der Waals surface area contributed by atoms with Crippen LogP contribution in [0.2, 0.25) is 39.3 Å². The molecular weight excluding hydrogens is 380 g/mol. The van der Waals surface area contributed by atoms with Crippen molar-refractivity contribution < 1.29 is 22.8 Å². The zero-order valence-corrected chi connectivity index (χ0v) is 21.8. The predicted octanol–water partition coefficient (Wildman–Crippen LogP) is 6.75. The first-order valence-electron chi connectivity index (χ1n) is 10.1. The van der Waals surface area contributed by atoms with E-state index in [2.05, 4.69) is 29.9 Å². The first-order valence-corrected chi connectivity index (χ1v) is 18.2. The molecule has 158 valence electrons. The Hall–Kier alpha value is -0.0294. The first-order chi connectivity index (χ1) is 11.9. The third-order valence-corrected chi connectivity index (χ3v) is 5.04. The van der Waals surface area contributed by atoms with Gasteiger partial charge in [0.05, 0.1) is 0 Å². The number of hydrogen-bond donors (Lipinski definition) is 0. The van der Waals surface area contributed by atoms with E-state index in [-0.39, 0.29) is 0 Å². The molecule has 0 spiro atoms. The molecule has 0 N–H and O–H groups in total. The van der Waals surface area contributed by atoms with Crippen molar-refractivity contribution in [1.82, 2.24) is 0 Å². The average molecular weight is 425 g/mol. The summed E-state index contributed by atoms with van der Waals surface area (Å²) in [5.41, 5.74) is 0. The van der Waals surface area contributed by atoms with E-state index in [1.807, 2.05) is 39.3 Å². The fraction of sp³-hybridized carbons (Fsp3) is 1.00. The smallest absolute Gasteiger partial charge is 0.339 e. The van der Waals surface area contributed by atoms with E-state index in [0.717, 1.165) is 5.92 Å². The van der Waals surface area contributed by atoms with Gasteiger partial charge in [0, 0.05) is 0 Å². The molecule has 0 aromatic rings.